The molecule has 4 heteroatoms. The quantitative estimate of drug-likeness (QED) is 0.261. The van der Waals surface area contributed by atoms with E-state index in [0.717, 1.165) is 28.8 Å². The fraction of sp³-hybridized carbons (Fsp3) is 0.0909. The monoisotopic (exact) mass is 424 g/mol. The molecule has 2 nitrogen and oxygen atoms in total. The van der Waals surface area contributed by atoms with Crippen LogP contribution < -0.4 is 9.05 Å². The Labute approximate surface area is 160 Å². The molecular formula is C22H17O2PSe. The Balaban J connectivity index is 2.00. The Morgan fingerprint density at radius 3 is 1.62 bits per heavy atom. The fourth-order valence-electron chi connectivity index (χ4n) is 3.62. The van der Waals surface area contributed by atoms with Gasteiger partial charge in [0.05, 0.1) is 0 Å². The third kappa shape index (κ3) is 2.43. The van der Waals surface area contributed by atoms with Crippen LogP contribution in [0.2, 0.25) is 0 Å². The van der Waals surface area contributed by atoms with Crippen LogP contribution in [0, 0.1) is 0 Å². The second-order valence-corrected chi connectivity index (χ2v) is 12.2. The Hall–Kier alpha value is -2.05. The molecule has 1 aliphatic rings. The van der Waals surface area contributed by atoms with E-state index in [2.05, 4.69) is 94.8 Å². The Kier molecular flexibility index (Phi) is 3.72. The van der Waals surface area contributed by atoms with Crippen LogP contribution in [0.3, 0.4) is 0 Å². The van der Waals surface area contributed by atoms with Gasteiger partial charge in [0.2, 0.25) is 0 Å². The molecule has 128 valence electrons. The van der Waals surface area contributed by atoms with Gasteiger partial charge in [0.15, 0.2) is 0 Å². The molecule has 0 aliphatic carbocycles. The van der Waals surface area contributed by atoms with Crippen LogP contribution in [0.25, 0.3) is 32.7 Å². The van der Waals surface area contributed by atoms with E-state index in [1.54, 1.807) is 0 Å². The average Bonchev–Trinajstić information content (AvgIpc) is 2.82. The number of hydrogen-bond donors (Lipinski definition) is 0. The summed E-state index contributed by atoms with van der Waals surface area (Å²) >= 11 is 3.23. The second kappa shape index (κ2) is 5.99. The molecule has 1 aliphatic heterocycles. The van der Waals surface area contributed by atoms with E-state index < -0.39 is 5.96 Å². The van der Waals surface area contributed by atoms with Crippen molar-refractivity contribution in [2.75, 3.05) is 6.16 Å². The minimum absolute atomic E-state index is 0.811. The van der Waals surface area contributed by atoms with E-state index in [-0.39, 0.29) is 0 Å². The molecule has 26 heavy (non-hydrogen) atoms. The Bertz CT molecular complexity index is 1120. The average molecular weight is 423 g/mol. The second-order valence-electron chi connectivity index (χ2n) is 6.43. The zero-order valence-corrected chi connectivity index (χ0v) is 16.9. The summed E-state index contributed by atoms with van der Waals surface area (Å²) in [5.41, 5.74) is 2.25. The zero-order valence-electron chi connectivity index (χ0n) is 14.3. The molecule has 0 N–H and O–H groups in total. The molecule has 0 saturated heterocycles. The predicted octanol–water partition coefficient (Wildman–Crippen LogP) is 6.38. The first kappa shape index (κ1) is 16.1. The summed E-state index contributed by atoms with van der Waals surface area (Å²) in [5, 5.41) is 4.79. The van der Waals surface area contributed by atoms with Gasteiger partial charge in [-0.25, -0.2) is 0 Å². The molecule has 1 heterocycles. The van der Waals surface area contributed by atoms with Crippen molar-refractivity contribution in [1.29, 1.82) is 0 Å². The molecule has 4 aromatic rings. The first-order chi connectivity index (χ1) is 12.7. The summed E-state index contributed by atoms with van der Waals surface area (Å²) in [6.07, 6.45) is 0.811. The third-order valence-corrected chi connectivity index (χ3v) is 9.18. The van der Waals surface area contributed by atoms with Gasteiger partial charge in [-0.15, -0.1) is 0 Å². The Morgan fingerprint density at radius 1 is 0.692 bits per heavy atom. The van der Waals surface area contributed by atoms with Gasteiger partial charge in [-0.1, -0.05) is 0 Å². The van der Waals surface area contributed by atoms with Crippen molar-refractivity contribution < 1.29 is 9.05 Å². The van der Waals surface area contributed by atoms with Gasteiger partial charge >= 0.3 is 160 Å². The van der Waals surface area contributed by atoms with Crippen LogP contribution in [-0.2, 0) is 0 Å². The standard InChI is InChI=1S/C22H17O2PSe/c1-2-25(26)23-19-13-11-15-7-3-5-9-17(15)21(19)22-18-10-6-4-8-16(18)12-14-20(22)24-25/h3-14H,2H2,1H3. The van der Waals surface area contributed by atoms with Gasteiger partial charge in [0.1, 0.15) is 0 Å². The molecule has 0 amide bonds. The molecular weight excluding hydrogens is 406 g/mol. The van der Waals surface area contributed by atoms with E-state index in [0.29, 0.717) is 0 Å². The van der Waals surface area contributed by atoms with Crippen molar-refractivity contribution in [3.63, 3.8) is 0 Å². The molecule has 0 bridgehead atoms. The van der Waals surface area contributed by atoms with Crippen molar-refractivity contribution >= 4 is 42.6 Å². The van der Waals surface area contributed by atoms with E-state index >= 15 is 0 Å². The van der Waals surface area contributed by atoms with E-state index in [4.69, 9.17) is 9.05 Å². The molecule has 0 atom stereocenters. The summed E-state index contributed by atoms with van der Waals surface area (Å²) in [6, 6.07) is 25.4. The number of benzene rings is 4. The van der Waals surface area contributed by atoms with Crippen LogP contribution >= 0.6 is 5.96 Å². The normalized spacial score (nSPS) is 14.8. The van der Waals surface area contributed by atoms with E-state index in [9.17, 15) is 0 Å². The van der Waals surface area contributed by atoms with Gasteiger partial charge < -0.3 is 0 Å². The molecule has 0 unspecified atom stereocenters. The molecule has 0 spiro atoms. The minimum atomic E-state index is -2.13. The van der Waals surface area contributed by atoms with Gasteiger partial charge in [-0.3, -0.25) is 0 Å². The van der Waals surface area contributed by atoms with Gasteiger partial charge in [0.25, 0.3) is 0 Å². The SMILES string of the molecule is CCP1(=[Se])Oc2ccc3ccccc3c2-c2c(ccc3ccccc23)O1. The summed E-state index contributed by atoms with van der Waals surface area (Å²) in [4.78, 5) is 0. The summed E-state index contributed by atoms with van der Waals surface area (Å²) in [5.74, 6) is -0.341. The van der Waals surface area contributed by atoms with Crippen molar-refractivity contribution in [1.82, 2.24) is 0 Å². The summed E-state index contributed by atoms with van der Waals surface area (Å²) in [6.45, 7) is 2.11. The van der Waals surface area contributed by atoms with Crippen LogP contribution in [0.4, 0.5) is 0 Å². The molecule has 0 radical (unpaired) electrons. The third-order valence-electron chi connectivity index (χ3n) is 4.89. The van der Waals surface area contributed by atoms with Gasteiger partial charge in [-0.05, 0) is 0 Å². The number of rotatable bonds is 1. The molecule has 0 aromatic heterocycles. The predicted molar refractivity (Wildman–Crippen MR) is 111 cm³/mol. The van der Waals surface area contributed by atoms with Crippen LogP contribution in [0.5, 0.6) is 11.5 Å². The Morgan fingerprint density at radius 2 is 1.15 bits per heavy atom. The first-order valence-electron chi connectivity index (χ1n) is 8.71. The maximum absolute atomic E-state index is 6.47. The van der Waals surface area contributed by atoms with Crippen molar-refractivity contribution in [2.24, 2.45) is 0 Å². The number of fused-ring (bicyclic) bond motifs is 7. The molecule has 0 saturated carbocycles. The molecule has 5 rings (SSSR count). The van der Waals surface area contributed by atoms with E-state index in [1.807, 2.05) is 0 Å². The maximum atomic E-state index is 6.47. The van der Waals surface area contributed by atoms with Gasteiger partial charge in [-0.2, -0.15) is 0 Å². The van der Waals surface area contributed by atoms with Crippen LogP contribution in [0.1, 0.15) is 6.92 Å². The zero-order chi connectivity index (χ0) is 17.7. The molecule has 4 aromatic carbocycles. The van der Waals surface area contributed by atoms with Gasteiger partial charge in [0, 0.05) is 0 Å². The topological polar surface area (TPSA) is 18.5 Å². The first-order valence-corrected chi connectivity index (χ1v) is 12.7. The fourth-order valence-corrected chi connectivity index (χ4v) is 5.83. The summed E-state index contributed by atoms with van der Waals surface area (Å²) < 4.78 is 12.9. The molecule has 0 fully saturated rings. The van der Waals surface area contributed by atoms with Crippen LogP contribution in [0.15, 0.2) is 72.8 Å². The van der Waals surface area contributed by atoms with Crippen LogP contribution in [-0.4, -0.2) is 21.3 Å². The van der Waals surface area contributed by atoms with Crippen molar-refractivity contribution in [3.05, 3.63) is 72.8 Å². The van der Waals surface area contributed by atoms with Crippen molar-refractivity contribution in [3.8, 4) is 22.6 Å². The number of hydrogen-bond acceptors (Lipinski definition) is 2. The van der Waals surface area contributed by atoms with E-state index in [1.165, 1.54) is 21.5 Å². The summed E-state index contributed by atoms with van der Waals surface area (Å²) in [7, 11) is 0. The van der Waals surface area contributed by atoms with Crippen molar-refractivity contribution in [2.45, 2.75) is 6.92 Å².